The van der Waals surface area contributed by atoms with Crippen molar-refractivity contribution in [2.75, 3.05) is 0 Å². The van der Waals surface area contributed by atoms with Gasteiger partial charge in [-0.15, -0.1) is 4.72 Å². The van der Waals surface area contributed by atoms with Crippen molar-refractivity contribution in [2.45, 2.75) is 38.5 Å². The van der Waals surface area contributed by atoms with Crippen LogP contribution in [0.25, 0.3) is 10.8 Å². The van der Waals surface area contributed by atoms with Gasteiger partial charge in [-0.1, -0.05) is 0 Å². The Labute approximate surface area is 136 Å². The van der Waals surface area contributed by atoms with Crippen molar-refractivity contribution in [3.8, 4) is 0 Å². The highest BCUT2D eigenvalue weighted by atomic mass is 32.2. The maximum atomic E-state index is 13.6. The van der Waals surface area contributed by atoms with E-state index < -0.39 is 39.3 Å². The molecule has 2 atom stereocenters. The van der Waals surface area contributed by atoms with E-state index in [4.69, 9.17) is 0 Å². The molecule has 126 valence electrons. The Morgan fingerprint density at radius 1 is 1.26 bits per heavy atom. The van der Waals surface area contributed by atoms with Crippen molar-refractivity contribution in [2.24, 2.45) is 7.05 Å². The second-order valence-corrected chi connectivity index (χ2v) is 8.34. The first kappa shape index (κ1) is 17.8. The lowest BCUT2D eigenvalue weighted by atomic mass is 10.1. The van der Waals surface area contributed by atoms with Crippen molar-refractivity contribution in [3.05, 3.63) is 39.8 Å². The highest BCUT2D eigenvalue weighted by Gasteiger charge is 2.29. The molecule has 0 aliphatic heterocycles. The van der Waals surface area contributed by atoms with Crippen LogP contribution in [-0.4, -0.2) is 19.1 Å². The highest BCUT2D eigenvalue weighted by molar-refractivity contribution is 7.90. The van der Waals surface area contributed by atoms with E-state index in [-0.39, 0.29) is 10.8 Å². The van der Waals surface area contributed by atoms with Crippen molar-refractivity contribution < 1.29 is 13.3 Å². The zero-order valence-corrected chi connectivity index (χ0v) is 14.4. The van der Waals surface area contributed by atoms with E-state index in [0.29, 0.717) is 5.69 Å². The third kappa shape index (κ3) is 3.54. The fourth-order valence-corrected chi connectivity index (χ4v) is 2.87. The number of aromatic nitrogens is 2. The van der Waals surface area contributed by atoms with Crippen LogP contribution < -0.4 is 10.3 Å². The van der Waals surface area contributed by atoms with Crippen molar-refractivity contribution >= 4 is 22.1 Å². The summed E-state index contributed by atoms with van der Waals surface area (Å²) >= 11 is -1.38. The number of halogens is 2. The van der Waals surface area contributed by atoms with E-state index in [0.717, 1.165) is 16.8 Å². The predicted octanol–water partition coefficient (Wildman–Crippen LogP) is 2.32. The molecule has 1 heterocycles. The molecule has 0 amide bonds. The number of nitrogens with one attached hydrogen (secondary N) is 1. The van der Waals surface area contributed by atoms with E-state index in [1.165, 1.54) is 7.05 Å². The second-order valence-electron chi connectivity index (χ2n) is 6.35. The Morgan fingerprint density at radius 3 is 2.30 bits per heavy atom. The fraction of sp³-hybridized carbons (Fsp3) is 0.467. The third-order valence-electron chi connectivity index (χ3n) is 3.37. The van der Waals surface area contributed by atoms with E-state index in [9.17, 15) is 18.1 Å². The maximum Gasteiger partial charge on any atom is 0.274 e. The van der Waals surface area contributed by atoms with Gasteiger partial charge in [0.05, 0.1) is 17.1 Å². The molecule has 0 spiro atoms. The summed E-state index contributed by atoms with van der Waals surface area (Å²) in [6.45, 7) is 7.13. The number of benzene rings is 1. The van der Waals surface area contributed by atoms with Crippen LogP contribution in [0.4, 0.5) is 8.78 Å². The first-order chi connectivity index (χ1) is 10.5. The molecule has 1 aromatic carbocycles. The van der Waals surface area contributed by atoms with Crippen molar-refractivity contribution in [1.82, 2.24) is 14.5 Å². The average molecular weight is 343 g/mol. The van der Waals surface area contributed by atoms with Crippen LogP contribution in [0, 0.1) is 11.6 Å². The molecule has 0 aliphatic rings. The summed E-state index contributed by atoms with van der Waals surface area (Å²) in [7, 11) is 1.43. The van der Waals surface area contributed by atoms with Crippen LogP contribution >= 0.6 is 0 Å². The molecule has 2 aromatic rings. The van der Waals surface area contributed by atoms with E-state index in [2.05, 4.69) is 9.82 Å². The first-order valence-electron chi connectivity index (χ1n) is 7.06. The average Bonchev–Trinajstić information content (AvgIpc) is 2.43. The minimum absolute atomic E-state index is 0.0339. The summed E-state index contributed by atoms with van der Waals surface area (Å²) in [6, 6.07) is 1.30. The molecule has 1 N–H and O–H groups in total. The van der Waals surface area contributed by atoms with Crippen LogP contribution in [0.1, 0.15) is 39.4 Å². The van der Waals surface area contributed by atoms with Crippen LogP contribution in [0.3, 0.4) is 0 Å². The van der Waals surface area contributed by atoms with Gasteiger partial charge in [-0.2, -0.15) is 5.10 Å². The number of hydrogen-bond donors (Lipinski definition) is 1. The summed E-state index contributed by atoms with van der Waals surface area (Å²) in [5, 5.41) is 4.37. The zero-order chi connectivity index (χ0) is 17.5. The molecule has 0 radical (unpaired) electrons. The summed E-state index contributed by atoms with van der Waals surface area (Å²) in [5.41, 5.74) is -0.189. The molecule has 0 fully saturated rings. The van der Waals surface area contributed by atoms with Gasteiger partial charge in [0.25, 0.3) is 5.56 Å². The van der Waals surface area contributed by atoms with Crippen LogP contribution in [0.15, 0.2) is 16.9 Å². The molecule has 0 aliphatic carbocycles. The van der Waals surface area contributed by atoms with E-state index in [1.807, 2.05) is 20.8 Å². The van der Waals surface area contributed by atoms with Gasteiger partial charge in [-0.3, -0.25) is 4.79 Å². The molecule has 5 nitrogen and oxygen atoms in total. The largest absolute Gasteiger partial charge is 0.598 e. The lowest BCUT2D eigenvalue weighted by Crippen LogP contribution is -2.41. The Hall–Kier alpha value is -1.51. The zero-order valence-electron chi connectivity index (χ0n) is 13.6. The molecule has 1 aromatic heterocycles. The molecular weight excluding hydrogens is 324 g/mol. The minimum Gasteiger partial charge on any atom is -0.598 e. The number of nitrogens with zero attached hydrogens (tertiary/aromatic N) is 2. The Morgan fingerprint density at radius 2 is 1.78 bits per heavy atom. The molecule has 0 saturated carbocycles. The molecule has 8 heteroatoms. The number of aryl methyl sites for hydroxylation is 1. The molecule has 2 rings (SSSR count). The monoisotopic (exact) mass is 343 g/mol. The molecule has 0 bridgehead atoms. The van der Waals surface area contributed by atoms with Gasteiger partial charge in [0.2, 0.25) is 0 Å². The molecular formula is C15H19F2N3O2S. The van der Waals surface area contributed by atoms with Gasteiger partial charge in [0.15, 0.2) is 11.6 Å². The molecule has 23 heavy (non-hydrogen) atoms. The standard InChI is InChI=1S/C15H19F2N3O2S/c1-8(19-23(22)15(2,3)4)13-9-6-11(16)12(17)7-10(9)14(21)20(5)18-13/h6-8,19H,1-5H3/t8-,23?/m1/s1. The van der Waals surface area contributed by atoms with E-state index in [1.54, 1.807) is 6.92 Å². The number of hydrogen-bond acceptors (Lipinski definition) is 4. The quantitative estimate of drug-likeness (QED) is 0.869. The van der Waals surface area contributed by atoms with Gasteiger partial charge in [-0.25, -0.2) is 13.5 Å². The third-order valence-corrected chi connectivity index (χ3v) is 5.05. The van der Waals surface area contributed by atoms with Crippen LogP contribution in [0.2, 0.25) is 0 Å². The summed E-state index contributed by atoms with van der Waals surface area (Å²) < 4.78 is 42.7. The highest BCUT2D eigenvalue weighted by Crippen LogP contribution is 2.24. The lowest BCUT2D eigenvalue weighted by Gasteiger charge is -2.26. The van der Waals surface area contributed by atoms with E-state index >= 15 is 0 Å². The van der Waals surface area contributed by atoms with Crippen LogP contribution in [0.5, 0.6) is 0 Å². The van der Waals surface area contributed by atoms with Gasteiger partial charge >= 0.3 is 0 Å². The van der Waals surface area contributed by atoms with Crippen molar-refractivity contribution in [3.63, 3.8) is 0 Å². The molecule has 1 unspecified atom stereocenters. The second kappa shape index (κ2) is 6.18. The predicted molar refractivity (Wildman–Crippen MR) is 86.3 cm³/mol. The smallest absolute Gasteiger partial charge is 0.274 e. The van der Waals surface area contributed by atoms with Crippen molar-refractivity contribution in [1.29, 1.82) is 0 Å². The number of rotatable bonds is 3. The Balaban J connectivity index is 2.58. The minimum atomic E-state index is -1.38. The number of fused-ring (bicyclic) bond motifs is 1. The molecule has 0 saturated heterocycles. The topological polar surface area (TPSA) is 70.0 Å². The normalized spacial score (nSPS) is 15.0. The van der Waals surface area contributed by atoms with Gasteiger partial charge < -0.3 is 4.55 Å². The van der Waals surface area contributed by atoms with Gasteiger partial charge in [0, 0.05) is 23.8 Å². The SMILES string of the molecule is C[C@@H](N[S+]([O-])C(C)(C)C)c1nn(C)c(=O)c2cc(F)c(F)cc12. The fourth-order valence-electron chi connectivity index (χ4n) is 2.08. The Kier molecular flexibility index (Phi) is 4.79. The summed E-state index contributed by atoms with van der Waals surface area (Å²) in [6.07, 6.45) is 0. The first-order valence-corrected chi connectivity index (χ1v) is 8.21. The Bertz CT molecular complexity index is 802. The lowest BCUT2D eigenvalue weighted by molar-refractivity contribution is 0.509. The van der Waals surface area contributed by atoms with Gasteiger partial charge in [0.1, 0.15) is 4.75 Å². The van der Waals surface area contributed by atoms with Gasteiger partial charge in [-0.05, 0) is 39.8 Å². The summed E-state index contributed by atoms with van der Waals surface area (Å²) in [4.78, 5) is 12.1. The summed E-state index contributed by atoms with van der Waals surface area (Å²) in [5.74, 6) is -2.15. The van der Waals surface area contributed by atoms with Crippen LogP contribution in [-0.2, 0) is 18.4 Å². The maximum absolute atomic E-state index is 13.6.